The number of sulfone groups is 1. The van der Waals surface area contributed by atoms with E-state index >= 15 is 0 Å². The van der Waals surface area contributed by atoms with Gasteiger partial charge in [0.15, 0.2) is 9.84 Å². The minimum Gasteiger partial charge on any atom is -0.378 e. The minimum absolute atomic E-state index is 0.0715. The molecule has 2 fully saturated rings. The Hall–Kier alpha value is -2.79. The van der Waals surface area contributed by atoms with Gasteiger partial charge in [-0.3, -0.25) is 4.79 Å². The van der Waals surface area contributed by atoms with E-state index in [4.69, 9.17) is 4.74 Å². The zero-order valence-electron chi connectivity index (χ0n) is 20.2. The number of ether oxygens (including phenoxy) is 1. The zero-order valence-corrected chi connectivity index (χ0v) is 21.1. The van der Waals surface area contributed by atoms with Crippen LogP contribution in [-0.2, 0) is 25.5 Å². The van der Waals surface area contributed by atoms with Crippen LogP contribution in [0.4, 0.5) is 24.5 Å². The van der Waals surface area contributed by atoms with Crippen LogP contribution in [0.25, 0.3) is 0 Å². The molecular formula is C25H30F3N3O4S. The molecule has 1 amide bonds. The highest BCUT2D eigenvalue weighted by Crippen LogP contribution is 2.41. The maximum absolute atomic E-state index is 13.2. The van der Waals surface area contributed by atoms with E-state index < -0.39 is 27.6 Å². The van der Waals surface area contributed by atoms with Crippen molar-refractivity contribution >= 4 is 27.6 Å². The average Bonchev–Trinajstić information content (AvgIpc) is 2.87. The third-order valence-electron chi connectivity index (χ3n) is 6.79. The van der Waals surface area contributed by atoms with Crippen molar-refractivity contribution in [2.45, 2.75) is 37.0 Å². The molecule has 2 aliphatic heterocycles. The minimum atomic E-state index is -4.45. The summed E-state index contributed by atoms with van der Waals surface area (Å²) in [7, 11) is -3.59. The molecule has 7 nitrogen and oxygen atoms in total. The van der Waals surface area contributed by atoms with Gasteiger partial charge in [0.2, 0.25) is 6.41 Å². The van der Waals surface area contributed by atoms with Gasteiger partial charge in [-0.05, 0) is 37.3 Å². The summed E-state index contributed by atoms with van der Waals surface area (Å²) in [6.07, 6.45) is -3.69. The molecule has 0 N–H and O–H groups in total. The lowest BCUT2D eigenvalue weighted by molar-refractivity contribution is -0.137. The first-order valence-corrected chi connectivity index (χ1v) is 13.6. The number of hydrogen-bond acceptors (Lipinski definition) is 6. The van der Waals surface area contributed by atoms with E-state index in [1.54, 1.807) is 24.0 Å². The van der Waals surface area contributed by atoms with Crippen LogP contribution in [-0.4, -0.2) is 70.9 Å². The number of carbonyl (C=O) groups excluding carboxylic acids is 1. The van der Waals surface area contributed by atoms with Gasteiger partial charge in [-0.2, -0.15) is 13.2 Å². The summed E-state index contributed by atoms with van der Waals surface area (Å²) in [4.78, 5) is 17.6. The van der Waals surface area contributed by atoms with Gasteiger partial charge in [0.1, 0.15) is 0 Å². The number of morpholine rings is 1. The van der Waals surface area contributed by atoms with Gasteiger partial charge in [-0.1, -0.05) is 19.1 Å². The molecule has 0 spiro atoms. The van der Waals surface area contributed by atoms with Crippen LogP contribution in [0.1, 0.15) is 31.0 Å². The third kappa shape index (κ3) is 5.17. The predicted molar refractivity (Wildman–Crippen MR) is 131 cm³/mol. The second-order valence-corrected chi connectivity index (χ2v) is 11.3. The second kappa shape index (κ2) is 10.3. The fraction of sp³-hybridized carbons (Fsp3) is 0.480. The Bertz CT molecular complexity index is 1180. The van der Waals surface area contributed by atoms with Crippen LogP contribution in [0.15, 0.2) is 47.4 Å². The standard InChI is InChI=1S/C25H30F3N3O4S/c1-3-36(33,34)23-6-4-5-21(24(23)30-11-13-35-14-12-30)22-16-29(17-32)15-18(2)31(22)20-9-7-19(8-10-20)25(26,27)28/h4-10,17-18,22H,3,11-16H2,1-2H3. The monoisotopic (exact) mass is 525 g/mol. The van der Waals surface area contributed by atoms with Crippen molar-refractivity contribution < 1.29 is 31.1 Å². The summed E-state index contributed by atoms with van der Waals surface area (Å²) in [5.41, 5.74) is 1.11. The molecule has 2 unspecified atom stereocenters. The zero-order chi connectivity index (χ0) is 26.1. The van der Waals surface area contributed by atoms with E-state index in [0.717, 1.165) is 18.5 Å². The Morgan fingerprint density at radius 3 is 2.31 bits per heavy atom. The molecule has 0 aliphatic carbocycles. The van der Waals surface area contributed by atoms with E-state index in [9.17, 15) is 26.4 Å². The summed E-state index contributed by atoms with van der Waals surface area (Å²) < 4.78 is 71.3. The van der Waals surface area contributed by atoms with Crippen molar-refractivity contribution in [2.24, 2.45) is 0 Å². The number of halogens is 3. The first-order valence-electron chi connectivity index (χ1n) is 11.9. The lowest BCUT2D eigenvalue weighted by Gasteiger charge is -2.47. The number of rotatable bonds is 6. The quantitative estimate of drug-likeness (QED) is 0.536. The number of anilines is 2. The molecule has 196 valence electrons. The molecule has 36 heavy (non-hydrogen) atoms. The van der Waals surface area contributed by atoms with Gasteiger partial charge in [0, 0.05) is 43.5 Å². The van der Waals surface area contributed by atoms with E-state index in [-0.39, 0.29) is 23.2 Å². The van der Waals surface area contributed by atoms with E-state index in [2.05, 4.69) is 0 Å². The number of benzene rings is 2. The third-order valence-corrected chi connectivity index (χ3v) is 8.55. The average molecular weight is 526 g/mol. The van der Waals surface area contributed by atoms with Crippen molar-refractivity contribution in [3.05, 3.63) is 53.6 Å². The van der Waals surface area contributed by atoms with Gasteiger partial charge in [-0.15, -0.1) is 0 Å². The van der Waals surface area contributed by atoms with Gasteiger partial charge < -0.3 is 19.4 Å². The van der Waals surface area contributed by atoms with Gasteiger partial charge in [0.05, 0.1) is 41.2 Å². The molecule has 2 atom stereocenters. The molecule has 2 saturated heterocycles. The molecule has 0 radical (unpaired) electrons. The number of carbonyl (C=O) groups is 1. The summed E-state index contributed by atoms with van der Waals surface area (Å²) in [6.45, 7) is 6.06. The fourth-order valence-corrected chi connectivity index (χ4v) is 6.19. The Morgan fingerprint density at radius 1 is 1.06 bits per heavy atom. The molecule has 0 aromatic heterocycles. The van der Waals surface area contributed by atoms with Crippen LogP contribution in [0.2, 0.25) is 0 Å². The number of amides is 1. The van der Waals surface area contributed by atoms with Crippen molar-refractivity contribution in [1.29, 1.82) is 0 Å². The Balaban J connectivity index is 1.88. The first kappa shape index (κ1) is 26.3. The highest BCUT2D eigenvalue weighted by Gasteiger charge is 2.37. The van der Waals surface area contributed by atoms with E-state index in [1.807, 2.05) is 22.8 Å². The number of para-hydroxylation sites is 1. The SMILES string of the molecule is CCS(=O)(=O)c1cccc(C2CN(C=O)CC(C)N2c2ccc(C(F)(F)F)cc2)c1N1CCOCC1. The van der Waals surface area contributed by atoms with Crippen LogP contribution < -0.4 is 9.80 Å². The molecule has 0 saturated carbocycles. The molecule has 2 aromatic carbocycles. The van der Waals surface area contributed by atoms with Crippen LogP contribution in [0, 0.1) is 0 Å². The maximum Gasteiger partial charge on any atom is 0.416 e. The van der Waals surface area contributed by atoms with Crippen molar-refractivity contribution in [3.63, 3.8) is 0 Å². The Labute approximate surface area is 209 Å². The number of nitrogens with zero attached hydrogens (tertiary/aromatic N) is 3. The first-order chi connectivity index (χ1) is 17.1. The number of hydrogen-bond donors (Lipinski definition) is 0. The highest BCUT2D eigenvalue weighted by atomic mass is 32.2. The molecular weight excluding hydrogens is 495 g/mol. The molecule has 2 aliphatic rings. The highest BCUT2D eigenvalue weighted by molar-refractivity contribution is 7.91. The van der Waals surface area contributed by atoms with Crippen LogP contribution in [0.3, 0.4) is 0 Å². The fourth-order valence-electron chi connectivity index (χ4n) is 5.05. The molecule has 4 rings (SSSR count). The van der Waals surface area contributed by atoms with Gasteiger partial charge in [-0.25, -0.2) is 8.42 Å². The lowest BCUT2D eigenvalue weighted by atomic mass is 9.96. The molecule has 11 heteroatoms. The lowest BCUT2D eigenvalue weighted by Crippen LogP contribution is -2.53. The smallest absolute Gasteiger partial charge is 0.378 e. The van der Waals surface area contributed by atoms with Gasteiger partial charge in [0.25, 0.3) is 0 Å². The summed E-state index contributed by atoms with van der Waals surface area (Å²) >= 11 is 0. The summed E-state index contributed by atoms with van der Waals surface area (Å²) in [5.74, 6) is -0.0715. The van der Waals surface area contributed by atoms with Gasteiger partial charge >= 0.3 is 6.18 Å². The predicted octanol–water partition coefficient (Wildman–Crippen LogP) is 3.74. The number of alkyl halides is 3. The molecule has 0 bridgehead atoms. The second-order valence-electron chi connectivity index (χ2n) is 9.07. The molecule has 2 aromatic rings. The topological polar surface area (TPSA) is 70.2 Å². The number of piperazine rings is 1. The summed E-state index contributed by atoms with van der Waals surface area (Å²) in [5, 5.41) is 0. The van der Waals surface area contributed by atoms with Crippen molar-refractivity contribution in [3.8, 4) is 0 Å². The van der Waals surface area contributed by atoms with Crippen LogP contribution >= 0.6 is 0 Å². The maximum atomic E-state index is 13.2. The van der Waals surface area contributed by atoms with Crippen LogP contribution in [0.5, 0.6) is 0 Å². The normalized spacial score (nSPS) is 21.5. The van der Waals surface area contributed by atoms with Crippen molar-refractivity contribution in [2.75, 3.05) is 54.9 Å². The van der Waals surface area contributed by atoms with Crippen molar-refractivity contribution in [1.82, 2.24) is 4.90 Å². The molecule has 2 heterocycles. The Kier molecular flexibility index (Phi) is 7.51. The summed E-state index contributed by atoms with van der Waals surface area (Å²) in [6, 6.07) is 9.40. The Morgan fingerprint density at radius 2 is 1.72 bits per heavy atom. The largest absolute Gasteiger partial charge is 0.416 e. The van der Waals surface area contributed by atoms with E-state index in [0.29, 0.717) is 49.8 Å². The van der Waals surface area contributed by atoms with E-state index in [1.165, 1.54) is 12.1 Å².